The number of hydrogen-bond acceptors (Lipinski definition) is 9. The van der Waals surface area contributed by atoms with Crippen molar-refractivity contribution in [3.8, 4) is 23.1 Å². The summed E-state index contributed by atoms with van der Waals surface area (Å²) < 4.78 is 19.1. The molecule has 1 unspecified atom stereocenters. The molecule has 1 amide bonds. The first-order valence-electron chi connectivity index (χ1n) is 14.4. The van der Waals surface area contributed by atoms with Gasteiger partial charge in [-0.25, -0.2) is 23.4 Å². The van der Waals surface area contributed by atoms with Crippen LogP contribution < -0.4 is 10.6 Å². The third-order valence-electron chi connectivity index (χ3n) is 8.10. The zero-order valence-electron chi connectivity index (χ0n) is 24.1. The number of nitriles is 1. The zero-order valence-corrected chi connectivity index (χ0v) is 24.1. The molecule has 6 rings (SSSR count). The maximum atomic E-state index is 16.0. The van der Waals surface area contributed by atoms with Crippen LogP contribution in [0.25, 0.3) is 28.1 Å². The van der Waals surface area contributed by atoms with Crippen molar-refractivity contribution < 1.29 is 9.18 Å². The van der Waals surface area contributed by atoms with Gasteiger partial charge in [-0.15, -0.1) is 5.10 Å². The summed E-state index contributed by atoms with van der Waals surface area (Å²) in [6.07, 6.45) is 6.78. The molecule has 1 fully saturated rings. The minimum atomic E-state index is -0.606. The van der Waals surface area contributed by atoms with Crippen molar-refractivity contribution in [1.82, 2.24) is 39.4 Å². The van der Waals surface area contributed by atoms with E-state index in [-0.39, 0.29) is 48.5 Å². The highest BCUT2D eigenvalue weighted by Crippen LogP contribution is 2.34. The number of pyridine rings is 2. The molecule has 4 aromatic heterocycles. The van der Waals surface area contributed by atoms with Crippen LogP contribution in [0, 0.1) is 17.1 Å². The highest BCUT2D eigenvalue weighted by atomic mass is 19.1. The second kappa shape index (κ2) is 11.4. The van der Waals surface area contributed by atoms with Crippen LogP contribution >= 0.6 is 0 Å². The van der Waals surface area contributed by atoms with Crippen LogP contribution in [0.15, 0.2) is 42.0 Å². The lowest BCUT2D eigenvalue weighted by Crippen LogP contribution is -2.55. The van der Waals surface area contributed by atoms with Gasteiger partial charge in [-0.05, 0) is 49.0 Å². The third kappa shape index (κ3) is 4.92. The number of aromatic nitrogens is 7. The predicted molar refractivity (Wildman–Crippen MR) is 157 cm³/mol. The van der Waals surface area contributed by atoms with E-state index in [9.17, 15) is 14.9 Å². The molecule has 2 bridgehead atoms. The van der Waals surface area contributed by atoms with Gasteiger partial charge in [-0.3, -0.25) is 9.78 Å². The molecule has 0 aliphatic carbocycles. The van der Waals surface area contributed by atoms with E-state index in [2.05, 4.69) is 32.9 Å². The number of anilines is 1. The van der Waals surface area contributed by atoms with E-state index >= 15 is 4.39 Å². The molecular formula is C30H31FN10O2. The van der Waals surface area contributed by atoms with Gasteiger partial charge in [0.1, 0.15) is 17.2 Å². The van der Waals surface area contributed by atoms with E-state index in [1.54, 1.807) is 15.8 Å². The fraction of sp³-hybridized carbons (Fsp3) is 0.400. The standard InChI is InChI=1S/C30H31FN10O2/c1-4-24(42)39-14-13-38(17-20(39)8-10-32)28-21-15-22(31)26-23-16-34-37-40(23)12-6-5-7-19-9-11-33-25(18(2)3)27(19)41(29(21)35-26)30(43)36-28/h4,9,11,15-16,18,20H,1,5-8,12-14,17H2,2-3H3. The predicted octanol–water partition coefficient (Wildman–Crippen LogP) is 3.15. The maximum Gasteiger partial charge on any atom is 0.355 e. The molecule has 2 aliphatic rings. The maximum absolute atomic E-state index is 16.0. The lowest BCUT2D eigenvalue weighted by atomic mass is 10.00. The fourth-order valence-electron chi connectivity index (χ4n) is 6.04. The number of halogens is 1. The van der Waals surface area contributed by atoms with Gasteiger partial charge >= 0.3 is 5.69 Å². The van der Waals surface area contributed by atoms with Crippen molar-refractivity contribution in [2.75, 3.05) is 24.5 Å². The number of rotatable bonds is 4. The first-order valence-corrected chi connectivity index (χ1v) is 14.4. The Morgan fingerprint density at radius 2 is 2.09 bits per heavy atom. The van der Waals surface area contributed by atoms with E-state index in [4.69, 9.17) is 4.98 Å². The Balaban J connectivity index is 1.63. The number of piperazine rings is 1. The average molecular weight is 583 g/mol. The van der Waals surface area contributed by atoms with E-state index in [1.165, 1.54) is 22.9 Å². The van der Waals surface area contributed by atoms with Gasteiger partial charge in [-0.1, -0.05) is 25.6 Å². The summed E-state index contributed by atoms with van der Waals surface area (Å²) in [6, 6.07) is 4.94. The molecule has 43 heavy (non-hydrogen) atoms. The Bertz CT molecular complexity index is 1840. The van der Waals surface area contributed by atoms with Crippen LogP contribution in [0.4, 0.5) is 10.2 Å². The Morgan fingerprint density at radius 1 is 1.26 bits per heavy atom. The Morgan fingerprint density at radius 3 is 2.86 bits per heavy atom. The molecule has 12 nitrogen and oxygen atoms in total. The van der Waals surface area contributed by atoms with Crippen molar-refractivity contribution in [2.24, 2.45) is 0 Å². The van der Waals surface area contributed by atoms with Crippen molar-refractivity contribution in [1.29, 1.82) is 5.26 Å². The monoisotopic (exact) mass is 582 g/mol. The number of aryl methyl sites for hydroxylation is 2. The number of carbonyl (C=O) groups is 1. The topological polar surface area (TPSA) is 139 Å². The van der Waals surface area contributed by atoms with Gasteiger partial charge in [0, 0.05) is 32.4 Å². The number of fused-ring (bicyclic) bond motifs is 5. The highest BCUT2D eigenvalue weighted by Gasteiger charge is 2.32. The summed E-state index contributed by atoms with van der Waals surface area (Å²) in [6.45, 7) is 8.97. The van der Waals surface area contributed by atoms with Crippen molar-refractivity contribution in [2.45, 2.75) is 58.0 Å². The largest absolute Gasteiger partial charge is 0.355 e. The van der Waals surface area contributed by atoms with E-state index in [1.807, 2.05) is 24.8 Å². The van der Waals surface area contributed by atoms with E-state index < -0.39 is 17.5 Å². The molecule has 0 spiro atoms. The summed E-state index contributed by atoms with van der Waals surface area (Å²) in [4.78, 5) is 44.0. The van der Waals surface area contributed by atoms with Gasteiger partial charge in [-0.2, -0.15) is 10.2 Å². The first-order chi connectivity index (χ1) is 20.8. The van der Waals surface area contributed by atoms with Crippen LogP contribution in [0.5, 0.6) is 0 Å². The molecule has 13 heteroatoms. The van der Waals surface area contributed by atoms with Gasteiger partial charge in [0.15, 0.2) is 11.5 Å². The molecule has 1 atom stereocenters. The smallest absolute Gasteiger partial charge is 0.352 e. The van der Waals surface area contributed by atoms with Gasteiger partial charge < -0.3 is 9.80 Å². The fourth-order valence-corrected chi connectivity index (χ4v) is 6.04. The van der Waals surface area contributed by atoms with Crippen LogP contribution in [0.1, 0.15) is 50.3 Å². The molecule has 0 radical (unpaired) electrons. The van der Waals surface area contributed by atoms with Crippen molar-refractivity contribution in [3.63, 3.8) is 0 Å². The number of hydrogen-bond donors (Lipinski definition) is 0. The Kier molecular flexibility index (Phi) is 7.43. The minimum absolute atomic E-state index is 0.0164. The van der Waals surface area contributed by atoms with Crippen LogP contribution in [0.2, 0.25) is 0 Å². The quantitative estimate of drug-likeness (QED) is 0.332. The number of amides is 1. The van der Waals surface area contributed by atoms with E-state index in [0.29, 0.717) is 36.3 Å². The SMILES string of the molecule is C=CC(=O)N1CCN(c2nc(=O)n3c4nc(c(F)cc24)-c2cnnn2CCCCc2ccnc(C(C)C)c2-3)CC1CC#N. The Labute approximate surface area is 247 Å². The molecule has 0 aromatic carbocycles. The number of carbonyl (C=O) groups excluding carboxylic acids is 1. The first kappa shape index (κ1) is 28.1. The van der Waals surface area contributed by atoms with Crippen molar-refractivity contribution >= 4 is 22.8 Å². The Hall–Kier alpha value is -4.99. The minimum Gasteiger partial charge on any atom is -0.352 e. The van der Waals surface area contributed by atoms with Crippen molar-refractivity contribution in [3.05, 3.63) is 64.7 Å². The molecule has 0 N–H and O–H groups in total. The second-order valence-electron chi connectivity index (χ2n) is 11.1. The van der Waals surface area contributed by atoms with Crippen LogP contribution in [-0.2, 0) is 17.8 Å². The normalized spacial score (nSPS) is 16.8. The van der Waals surface area contributed by atoms with Gasteiger partial charge in [0.2, 0.25) is 5.91 Å². The summed E-state index contributed by atoms with van der Waals surface area (Å²) in [5, 5.41) is 18.0. The number of nitrogens with zero attached hydrogens (tertiary/aromatic N) is 10. The van der Waals surface area contributed by atoms with Crippen LogP contribution in [0.3, 0.4) is 0 Å². The summed E-state index contributed by atoms with van der Waals surface area (Å²) in [5.74, 6) is -0.649. The molecule has 6 heterocycles. The summed E-state index contributed by atoms with van der Waals surface area (Å²) in [5.41, 5.74) is 2.37. The molecule has 220 valence electrons. The lowest BCUT2D eigenvalue weighted by molar-refractivity contribution is -0.128. The average Bonchev–Trinajstić information content (AvgIpc) is 3.46. The lowest BCUT2D eigenvalue weighted by Gasteiger charge is -2.41. The molecule has 4 aromatic rings. The third-order valence-corrected chi connectivity index (χ3v) is 8.10. The zero-order chi connectivity index (χ0) is 30.2. The molecule has 1 saturated heterocycles. The molecular weight excluding hydrogens is 551 g/mol. The second-order valence-corrected chi connectivity index (χ2v) is 11.1. The summed E-state index contributed by atoms with van der Waals surface area (Å²) in [7, 11) is 0. The van der Waals surface area contributed by atoms with Gasteiger partial charge in [0.25, 0.3) is 0 Å². The molecule has 0 saturated carbocycles. The van der Waals surface area contributed by atoms with Crippen LogP contribution in [-0.4, -0.2) is 71.0 Å². The highest BCUT2D eigenvalue weighted by molar-refractivity contribution is 5.91. The molecule has 2 aliphatic heterocycles. The summed E-state index contributed by atoms with van der Waals surface area (Å²) >= 11 is 0. The van der Waals surface area contributed by atoms with Gasteiger partial charge in [0.05, 0.1) is 41.5 Å². The van der Waals surface area contributed by atoms with E-state index in [0.717, 1.165) is 24.1 Å².